The lowest BCUT2D eigenvalue weighted by Crippen LogP contribution is -2.12. The first kappa shape index (κ1) is 31.6. The molecule has 0 aliphatic rings. The fourth-order valence-electron chi connectivity index (χ4n) is 8.24. The van der Waals surface area contributed by atoms with Gasteiger partial charge in [0.15, 0.2) is 0 Å². The minimum Gasteiger partial charge on any atom is -0.455 e. The standard InChI is InChI=1S/C52H33NOS/c1-2-14-35(15-3-1)40-29-27-38(37-26-25-34-13-4-5-16-36(34)31-37)32-48(40)53(39-28-30-44-43-19-8-11-24-50(43)55-51(44)33-39)47-22-9-6-17-41(47)45-20-12-21-46-42-18-7-10-23-49(42)54-52(45)46/h1-33H. The van der Waals surface area contributed by atoms with Gasteiger partial charge in [0, 0.05) is 53.3 Å². The van der Waals surface area contributed by atoms with Crippen molar-refractivity contribution in [1.82, 2.24) is 0 Å². The molecule has 0 saturated heterocycles. The molecule has 258 valence electrons. The van der Waals surface area contributed by atoms with Crippen molar-refractivity contribution in [3.05, 3.63) is 200 Å². The van der Waals surface area contributed by atoms with Gasteiger partial charge in [-0.2, -0.15) is 0 Å². The van der Waals surface area contributed by atoms with Gasteiger partial charge in [-0.3, -0.25) is 0 Å². The number of fused-ring (bicyclic) bond motifs is 7. The van der Waals surface area contributed by atoms with Crippen molar-refractivity contribution in [2.24, 2.45) is 0 Å². The van der Waals surface area contributed by atoms with Crippen LogP contribution in [0.2, 0.25) is 0 Å². The highest BCUT2D eigenvalue weighted by atomic mass is 32.1. The van der Waals surface area contributed by atoms with E-state index in [9.17, 15) is 0 Å². The van der Waals surface area contributed by atoms with E-state index in [1.165, 1.54) is 36.5 Å². The second-order valence-electron chi connectivity index (χ2n) is 14.1. The van der Waals surface area contributed by atoms with Crippen molar-refractivity contribution in [3.63, 3.8) is 0 Å². The maximum atomic E-state index is 6.66. The molecular weight excluding hydrogens is 687 g/mol. The van der Waals surface area contributed by atoms with E-state index in [-0.39, 0.29) is 0 Å². The molecule has 0 N–H and O–H groups in total. The Morgan fingerprint density at radius 2 is 1.05 bits per heavy atom. The van der Waals surface area contributed by atoms with Crippen LogP contribution in [0.25, 0.3) is 86.3 Å². The van der Waals surface area contributed by atoms with Crippen molar-refractivity contribution in [2.45, 2.75) is 0 Å². The molecule has 11 rings (SSSR count). The summed E-state index contributed by atoms with van der Waals surface area (Å²) in [5.41, 5.74) is 11.9. The molecule has 0 unspecified atom stereocenters. The van der Waals surface area contributed by atoms with Crippen LogP contribution >= 0.6 is 11.3 Å². The minimum absolute atomic E-state index is 0.893. The van der Waals surface area contributed by atoms with Crippen LogP contribution in [0.5, 0.6) is 0 Å². The first-order valence-electron chi connectivity index (χ1n) is 18.7. The van der Waals surface area contributed by atoms with Crippen LogP contribution in [0.15, 0.2) is 205 Å². The number of thiophene rings is 1. The van der Waals surface area contributed by atoms with Gasteiger partial charge in [0.2, 0.25) is 0 Å². The van der Waals surface area contributed by atoms with Crippen molar-refractivity contribution in [3.8, 4) is 33.4 Å². The molecule has 0 atom stereocenters. The summed E-state index contributed by atoms with van der Waals surface area (Å²) in [6.07, 6.45) is 0. The summed E-state index contributed by atoms with van der Waals surface area (Å²) in [6, 6.07) is 72.3. The Kier molecular flexibility index (Phi) is 7.39. The Balaban J connectivity index is 1.21. The molecule has 0 fully saturated rings. The van der Waals surface area contributed by atoms with Crippen LogP contribution in [-0.4, -0.2) is 0 Å². The highest BCUT2D eigenvalue weighted by Crippen LogP contribution is 2.49. The number of nitrogens with zero attached hydrogens (tertiary/aromatic N) is 1. The Hall–Kier alpha value is -6.94. The molecule has 0 amide bonds. The summed E-state index contributed by atoms with van der Waals surface area (Å²) in [5.74, 6) is 0. The predicted octanol–water partition coefficient (Wildman–Crippen LogP) is 15.6. The fourth-order valence-corrected chi connectivity index (χ4v) is 9.38. The smallest absolute Gasteiger partial charge is 0.143 e. The number of hydrogen-bond donors (Lipinski definition) is 0. The van der Waals surface area contributed by atoms with Gasteiger partial charge in [0.05, 0.1) is 11.4 Å². The van der Waals surface area contributed by atoms with E-state index < -0.39 is 0 Å². The number of furan rings is 1. The molecule has 0 aliphatic carbocycles. The summed E-state index contributed by atoms with van der Waals surface area (Å²) < 4.78 is 9.21. The van der Waals surface area contributed by atoms with E-state index in [1.54, 1.807) is 0 Å². The second kappa shape index (κ2) is 12.9. The van der Waals surface area contributed by atoms with Gasteiger partial charge in [-0.05, 0) is 69.9 Å². The van der Waals surface area contributed by atoms with Gasteiger partial charge in [-0.15, -0.1) is 11.3 Å². The summed E-state index contributed by atoms with van der Waals surface area (Å²) in [7, 11) is 0. The molecule has 0 spiro atoms. The molecule has 2 nitrogen and oxygen atoms in total. The average Bonchev–Trinajstić information content (AvgIpc) is 3.82. The Bertz CT molecular complexity index is 3230. The monoisotopic (exact) mass is 719 g/mol. The third-order valence-electron chi connectivity index (χ3n) is 10.9. The fraction of sp³-hybridized carbons (Fsp3) is 0. The molecule has 9 aromatic carbocycles. The summed E-state index contributed by atoms with van der Waals surface area (Å²) in [5, 5.41) is 7.27. The highest BCUT2D eigenvalue weighted by molar-refractivity contribution is 7.25. The first-order valence-corrected chi connectivity index (χ1v) is 19.5. The molecule has 0 radical (unpaired) electrons. The van der Waals surface area contributed by atoms with E-state index in [2.05, 4.69) is 199 Å². The van der Waals surface area contributed by atoms with Crippen molar-refractivity contribution < 1.29 is 4.42 Å². The van der Waals surface area contributed by atoms with E-state index >= 15 is 0 Å². The molecular formula is C52H33NOS. The van der Waals surface area contributed by atoms with E-state index in [0.29, 0.717) is 0 Å². The van der Waals surface area contributed by atoms with Gasteiger partial charge in [-0.25, -0.2) is 0 Å². The summed E-state index contributed by atoms with van der Waals surface area (Å²) >= 11 is 1.85. The van der Waals surface area contributed by atoms with Crippen molar-refractivity contribution in [1.29, 1.82) is 0 Å². The number of para-hydroxylation sites is 3. The third-order valence-corrected chi connectivity index (χ3v) is 12.0. The zero-order valence-electron chi connectivity index (χ0n) is 29.8. The molecule has 11 aromatic rings. The van der Waals surface area contributed by atoms with E-state index in [0.717, 1.165) is 66.8 Å². The number of anilines is 3. The zero-order valence-corrected chi connectivity index (χ0v) is 30.6. The van der Waals surface area contributed by atoms with Crippen LogP contribution in [-0.2, 0) is 0 Å². The van der Waals surface area contributed by atoms with Gasteiger partial charge in [0.1, 0.15) is 11.2 Å². The summed E-state index contributed by atoms with van der Waals surface area (Å²) in [4.78, 5) is 2.47. The predicted molar refractivity (Wildman–Crippen MR) is 235 cm³/mol. The van der Waals surface area contributed by atoms with Crippen LogP contribution in [0.1, 0.15) is 0 Å². The second-order valence-corrected chi connectivity index (χ2v) is 15.2. The van der Waals surface area contributed by atoms with Crippen LogP contribution in [0.3, 0.4) is 0 Å². The first-order chi connectivity index (χ1) is 27.3. The number of benzene rings is 9. The minimum atomic E-state index is 0.893. The Morgan fingerprint density at radius 1 is 0.364 bits per heavy atom. The number of hydrogen-bond acceptors (Lipinski definition) is 3. The molecule has 0 bridgehead atoms. The SMILES string of the molecule is c1ccc(-c2ccc(-c3ccc4ccccc4c3)cc2N(c2ccc3c(c2)sc2ccccc23)c2ccccc2-c2cccc3c2oc2ccccc23)cc1. The largest absolute Gasteiger partial charge is 0.455 e. The van der Waals surface area contributed by atoms with E-state index in [1.807, 2.05) is 17.4 Å². The lowest BCUT2D eigenvalue weighted by Gasteiger charge is -2.30. The quantitative estimate of drug-likeness (QED) is 0.170. The van der Waals surface area contributed by atoms with Gasteiger partial charge in [0.25, 0.3) is 0 Å². The highest BCUT2D eigenvalue weighted by Gasteiger charge is 2.24. The van der Waals surface area contributed by atoms with Gasteiger partial charge >= 0.3 is 0 Å². The topological polar surface area (TPSA) is 16.4 Å². The molecule has 0 aliphatic heterocycles. The summed E-state index contributed by atoms with van der Waals surface area (Å²) in [6.45, 7) is 0. The van der Waals surface area contributed by atoms with Crippen LogP contribution < -0.4 is 4.90 Å². The number of rotatable bonds is 6. The van der Waals surface area contributed by atoms with Gasteiger partial charge in [-0.1, -0.05) is 158 Å². The maximum absolute atomic E-state index is 6.66. The molecule has 55 heavy (non-hydrogen) atoms. The normalized spacial score (nSPS) is 11.6. The molecule has 2 heterocycles. The Morgan fingerprint density at radius 3 is 1.98 bits per heavy atom. The van der Waals surface area contributed by atoms with Crippen LogP contribution in [0, 0.1) is 0 Å². The van der Waals surface area contributed by atoms with Crippen LogP contribution in [0.4, 0.5) is 17.1 Å². The average molecular weight is 720 g/mol. The maximum Gasteiger partial charge on any atom is 0.143 e. The lowest BCUT2D eigenvalue weighted by molar-refractivity contribution is 0.670. The molecule has 2 aromatic heterocycles. The van der Waals surface area contributed by atoms with Crippen molar-refractivity contribution >= 4 is 81.3 Å². The molecule has 3 heteroatoms. The zero-order chi connectivity index (χ0) is 36.3. The lowest BCUT2D eigenvalue weighted by atomic mass is 9.94. The van der Waals surface area contributed by atoms with Crippen molar-refractivity contribution in [2.75, 3.05) is 4.90 Å². The third kappa shape index (κ3) is 5.32. The van der Waals surface area contributed by atoms with Gasteiger partial charge < -0.3 is 9.32 Å². The Labute approximate surface area is 322 Å². The van der Waals surface area contributed by atoms with E-state index in [4.69, 9.17) is 4.42 Å². The molecule has 0 saturated carbocycles.